The van der Waals surface area contributed by atoms with Crippen molar-refractivity contribution in [1.29, 1.82) is 0 Å². The molecule has 1 aliphatic heterocycles. The smallest absolute Gasteiger partial charge is 0.417 e. The number of piperidine rings is 1. The van der Waals surface area contributed by atoms with Gasteiger partial charge in [-0.1, -0.05) is 0 Å². The van der Waals surface area contributed by atoms with Gasteiger partial charge < -0.3 is 19.7 Å². The van der Waals surface area contributed by atoms with E-state index < -0.39 is 30.7 Å². The predicted octanol–water partition coefficient (Wildman–Crippen LogP) is 1.88. The Morgan fingerprint density at radius 3 is 2.60 bits per heavy atom. The number of hydrogen-bond donors (Lipinski definition) is 2. The molecule has 0 saturated carbocycles. The Morgan fingerprint density at radius 2 is 2.10 bits per heavy atom. The fourth-order valence-electron chi connectivity index (χ4n) is 2.05. The van der Waals surface area contributed by atoms with E-state index >= 15 is 0 Å². The molecular formula is C12H15F3N2O3. The Morgan fingerprint density at radius 1 is 1.45 bits per heavy atom. The zero-order valence-corrected chi connectivity index (χ0v) is 10.6. The van der Waals surface area contributed by atoms with Gasteiger partial charge in [-0.2, -0.15) is 13.2 Å². The first-order valence-electron chi connectivity index (χ1n) is 6.16. The van der Waals surface area contributed by atoms with Gasteiger partial charge in [-0.25, -0.2) is 4.79 Å². The maximum atomic E-state index is 12.6. The molecule has 0 atom stereocenters. The summed E-state index contributed by atoms with van der Waals surface area (Å²) >= 11 is 0. The molecule has 1 aromatic heterocycles. The molecule has 20 heavy (non-hydrogen) atoms. The Hall–Kier alpha value is -1.70. The van der Waals surface area contributed by atoms with Gasteiger partial charge in [-0.15, -0.1) is 0 Å². The molecule has 1 aliphatic rings. The van der Waals surface area contributed by atoms with Crippen LogP contribution in [0.4, 0.5) is 18.0 Å². The van der Waals surface area contributed by atoms with E-state index in [2.05, 4.69) is 5.32 Å². The van der Waals surface area contributed by atoms with Crippen molar-refractivity contribution >= 4 is 6.03 Å². The molecule has 0 radical (unpaired) electrons. The van der Waals surface area contributed by atoms with E-state index in [1.165, 1.54) is 11.2 Å². The van der Waals surface area contributed by atoms with Crippen molar-refractivity contribution in [2.45, 2.75) is 31.2 Å². The lowest BCUT2D eigenvalue weighted by Crippen LogP contribution is -2.55. The average Bonchev–Trinajstić information content (AvgIpc) is 2.88. The topological polar surface area (TPSA) is 65.7 Å². The average molecular weight is 292 g/mol. The molecular weight excluding hydrogens is 277 g/mol. The largest absolute Gasteiger partial charge is 0.467 e. The van der Waals surface area contributed by atoms with Crippen LogP contribution in [0.25, 0.3) is 0 Å². The number of nitrogens with zero attached hydrogens (tertiary/aromatic N) is 1. The first-order chi connectivity index (χ1) is 9.32. The molecule has 2 heterocycles. The Kier molecular flexibility index (Phi) is 3.94. The molecule has 2 rings (SSSR count). The lowest BCUT2D eigenvalue weighted by Gasteiger charge is -2.38. The Bertz CT molecular complexity index is 451. The van der Waals surface area contributed by atoms with Crippen LogP contribution in [0, 0.1) is 0 Å². The molecule has 1 saturated heterocycles. The molecule has 1 aromatic rings. The maximum absolute atomic E-state index is 12.6. The van der Waals surface area contributed by atoms with Gasteiger partial charge in [-0.3, -0.25) is 0 Å². The van der Waals surface area contributed by atoms with Crippen LogP contribution in [-0.2, 0) is 6.54 Å². The summed E-state index contributed by atoms with van der Waals surface area (Å²) in [6.07, 6.45) is -4.22. The summed E-state index contributed by atoms with van der Waals surface area (Å²) in [4.78, 5) is 13.0. The van der Waals surface area contributed by atoms with Crippen LogP contribution in [0.1, 0.15) is 18.6 Å². The van der Waals surface area contributed by atoms with Gasteiger partial charge in [0, 0.05) is 25.9 Å². The number of amides is 2. The van der Waals surface area contributed by atoms with Crippen molar-refractivity contribution < 1.29 is 27.5 Å². The second-order valence-corrected chi connectivity index (χ2v) is 4.75. The minimum Gasteiger partial charge on any atom is -0.467 e. The van der Waals surface area contributed by atoms with Crippen LogP contribution >= 0.6 is 0 Å². The number of nitrogens with one attached hydrogen (secondary N) is 1. The van der Waals surface area contributed by atoms with Gasteiger partial charge in [0.1, 0.15) is 5.76 Å². The monoisotopic (exact) mass is 292 g/mol. The first kappa shape index (κ1) is 14.7. The van der Waals surface area contributed by atoms with Crippen molar-refractivity contribution in [2.75, 3.05) is 13.1 Å². The van der Waals surface area contributed by atoms with Crippen LogP contribution in [0.15, 0.2) is 22.8 Å². The minimum absolute atomic E-state index is 0.139. The third-order valence-corrected chi connectivity index (χ3v) is 3.40. The second-order valence-electron chi connectivity index (χ2n) is 4.75. The molecule has 0 spiro atoms. The van der Waals surface area contributed by atoms with Gasteiger partial charge in [0.2, 0.25) is 0 Å². The van der Waals surface area contributed by atoms with Gasteiger partial charge in [0.05, 0.1) is 12.8 Å². The standard InChI is InChI=1S/C12H15F3N2O3/c13-12(14,15)11(19)3-5-17(6-4-11)10(18)16-8-9-2-1-7-20-9/h1-2,7,19H,3-6,8H2,(H,16,18). The highest BCUT2D eigenvalue weighted by molar-refractivity contribution is 5.74. The Balaban J connectivity index is 1.83. The lowest BCUT2D eigenvalue weighted by molar-refractivity contribution is -0.271. The Labute approximate surface area is 113 Å². The second kappa shape index (κ2) is 5.35. The third kappa shape index (κ3) is 3.06. The molecule has 0 unspecified atom stereocenters. The highest BCUT2D eigenvalue weighted by Gasteiger charge is 2.54. The van der Waals surface area contributed by atoms with E-state index in [0.29, 0.717) is 5.76 Å². The number of aliphatic hydroxyl groups is 1. The SMILES string of the molecule is O=C(NCc1ccco1)N1CCC(O)(C(F)(F)F)CC1. The molecule has 0 bridgehead atoms. The summed E-state index contributed by atoms with van der Waals surface area (Å²) in [5, 5.41) is 12.0. The zero-order valence-electron chi connectivity index (χ0n) is 10.6. The summed E-state index contributed by atoms with van der Waals surface area (Å²) in [6, 6.07) is 2.88. The van der Waals surface area contributed by atoms with Crippen LogP contribution in [0.2, 0.25) is 0 Å². The summed E-state index contributed by atoms with van der Waals surface area (Å²) in [5.41, 5.74) is -2.69. The van der Waals surface area contributed by atoms with Crippen LogP contribution in [0.5, 0.6) is 0 Å². The number of carbonyl (C=O) groups is 1. The summed E-state index contributed by atoms with van der Waals surface area (Å²) in [7, 11) is 0. The van der Waals surface area contributed by atoms with Crippen molar-refractivity contribution in [2.24, 2.45) is 0 Å². The van der Waals surface area contributed by atoms with E-state index in [1.54, 1.807) is 12.1 Å². The van der Waals surface area contributed by atoms with E-state index in [0.717, 1.165) is 0 Å². The number of halogens is 3. The molecule has 2 amide bonds. The van der Waals surface area contributed by atoms with Crippen LogP contribution in [0.3, 0.4) is 0 Å². The fourth-order valence-corrected chi connectivity index (χ4v) is 2.05. The molecule has 5 nitrogen and oxygen atoms in total. The van der Waals surface area contributed by atoms with E-state index in [4.69, 9.17) is 4.42 Å². The summed E-state index contributed by atoms with van der Waals surface area (Å²) in [5.74, 6) is 0.558. The van der Waals surface area contributed by atoms with Crippen molar-refractivity contribution in [3.8, 4) is 0 Å². The number of alkyl halides is 3. The lowest BCUT2D eigenvalue weighted by atomic mass is 9.91. The number of likely N-dealkylation sites (tertiary alicyclic amines) is 1. The van der Waals surface area contributed by atoms with Crippen molar-refractivity contribution in [3.05, 3.63) is 24.2 Å². The quantitative estimate of drug-likeness (QED) is 0.874. The molecule has 1 fully saturated rings. The van der Waals surface area contributed by atoms with E-state index in [-0.39, 0.29) is 19.6 Å². The van der Waals surface area contributed by atoms with Gasteiger partial charge in [0.25, 0.3) is 0 Å². The zero-order chi connectivity index (χ0) is 14.8. The first-order valence-corrected chi connectivity index (χ1v) is 6.16. The van der Waals surface area contributed by atoms with Crippen molar-refractivity contribution in [3.63, 3.8) is 0 Å². The summed E-state index contributed by atoms with van der Waals surface area (Å²) in [6.45, 7) is -0.105. The normalized spacial score (nSPS) is 18.9. The van der Waals surface area contributed by atoms with E-state index in [9.17, 15) is 23.1 Å². The number of rotatable bonds is 2. The van der Waals surface area contributed by atoms with Crippen LogP contribution < -0.4 is 5.32 Å². The highest BCUT2D eigenvalue weighted by Crippen LogP contribution is 2.38. The molecule has 8 heteroatoms. The van der Waals surface area contributed by atoms with Crippen molar-refractivity contribution in [1.82, 2.24) is 10.2 Å². The summed E-state index contributed by atoms with van der Waals surface area (Å²) < 4.78 is 42.8. The fraction of sp³-hybridized carbons (Fsp3) is 0.583. The molecule has 2 N–H and O–H groups in total. The predicted molar refractivity (Wildman–Crippen MR) is 62.8 cm³/mol. The van der Waals surface area contributed by atoms with E-state index in [1.807, 2.05) is 0 Å². The number of urea groups is 1. The molecule has 0 aromatic carbocycles. The highest BCUT2D eigenvalue weighted by atomic mass is 19.4. The van der Waals surface area contributed by atoms with Gasteiger partial charge in [0.15, 0.2) is 5.60 Å². The van der Waals surface area contributed by atoms with Gasteiger partial charge in [-0.05, 0) is 12.1 Å². The van der Waals surface area contributed by atoms with Gasteiger partial charge >= 0.3 is 12.2 Å². The molecule has 0 aliphatic carbocycles. The minimum atomic E-state index is -4.66. The van der Waals surface area contributed by atoms with Crippen LogP contribution in [-0.4, -0.2) is 40.9 Å². The number of hydrogen-bond acceptors (Lipinski definition) is 3. The maximum Gasteiger partial charge on any atom is 0.417 e. The number of furan rings is 1. The third-order valence-electron chi connectivity index (χ3n) is 3.40. The molecule has 112 valence electrons. The number of carbonyl (C=O) groups excluding carboxylic acids is 1.